The van der Waals surface area contributed by atoms with Crippen LogP contribution in [-0.2, 0) is 9.59 Å². The number of ether oxygens (including phenoxy) is 2. The molecule has 6 rings (SSSR count). The van der Waals surface area contributed by atoms with Gasteiger partial charge in [0.1, 0.15) is 22.6 Å². The van der Waals surface area contributed by atoms with Crippen molar-refractivity contribution < 1.29 is 28.7 Å². The molecule has 2 aliphatic carbocycles. The minimum atomic E-state index is -0.672. The van der Waals surface area contributed by atoms with Crippen molar-refractivity contribution in [2.24, 2.45) is 0 Å². The van der Waals surface area contributed by atoms with Crippen LogP contribution in [-0.4, -0.2) is 71.1 Å². The zero-order valence-electron chi connectivity index (χ0n) is 27.9. The first-order valence-corrected chi connectivity index (χ1v) is 16.6. The number of benzene rings is 2. The molecule has 2 aliphatic heterocycles. The molecule has 46 heavy (non-hydrogen) atoms. The zero-order valence-corrected chi connectivity index (χ0v) is 27.9. The summed E-state index contributed by atoms with van der Waals surface area (Å²) < 4.78 is 11.3. The van der Waals surface area contributed by atoms with E-state index in [9.17, 15) is 19.2 Å². The second-order valence-electron chi connectivity index (χ2n) is 13.7. The number of rotatable bonds is 6. The Morgan fingerprint density at radius 2 is 1.13 bits per heavy atom. The van der Waals surface area contributed by atoms with Crippen LogP contribution in [0.3, 0.4) is 0 Å². The molecule has 10 nitrogen and oxygen atoms in total. The largest absolute Gasteiger partial charge is 0.491 e. The molecule has 2 saturated heterocycles. The molecule has 2 saturated carbocycles. The van der Waals surface area contributed by atoms with E-state index in [1.54, 1.807) is 19.0 Å². The molecular formula is C36H48N4O6. The van der Waals surface area contributed by atoms with Gasteiger partial charge < -0.3 is 19.7 Å². The van der Waals surface area contributed by atoms with E-state index in [4.69, 9.17) is 9.47 Å². The normalized spacial score (nSPS) is 27.7. The fourth-order valence-corrected chi connectivity index (χ4v) is 7.43. The number of carbonyl (C=O) groups is 4. The summed E-state index contributed by atoms with van der Waals surface area (Å²) in [4.78, 5) is 50.8. The zero-order chi connectivity index (χ0) is 33.2. The van der Waals surface area contributed by atoms with Crippen LogP contribution in [0.2, 0.25) is 0 Å². The quantitative estimate of drug-likeness (QED) is 0.372. The van der Waals surface area contributed by atoms with Crippen molar-refractivity contribution in [3.8, 4) is 11.5 Å². The number of hydrogen-bond acceptors (Lipinski definition) is 6. The molecule has 0 unspecified atom stereocenters. The van der Waals surface area contributed by atoms with E-state index in [1.807, 2.05) is 52.0 Å². The summed E-state index contributed by atoms with van der Waals surface area (Å²) in [6.45, 7) is 8.05. The van der Waals surface area contributed by atoms with Crippen molar-refractivity contribution in [1.29, 1.82) is 0 Å². The van der Waals surface area contributed by atoms with Gasteiger partial charge in [0.15, 0.2) is 0 Å². The van der Waals surface area contributed by atoms with Gasteiger partial charge in [-0.25, -0.2) is 9.59 Å². The van der Waals surface area contributed by atoms with Crippen molar-refractivity contribution in [2.75, 3.05) is 14.1 Å². The molecule has 0 atom stereocenters. The van der Waals surface area contributed by atoms with Gasteiger partial charge in [0.2, 0.25) is 0 Å². The van der Waals surface area contributed by atoms with Gasteiger partial charge in [-0.3, -0.25) is 19.8 Å². The van der Waals surface area contributed by atoms with Crippen LogP contribution in [0.5, 0.6) is 11.5 Å². The smallest absolute Gasteiger partial charge is 0.327 e. The average molecular weight is 633 g/mol. The van der Waals surface area contributed by atoms with Gasteiger partial charge in [0.05, 0.1) is 12.2 Å². The maximum Gasteiger partial charge on any atom is 0.327 e. The van der Waals surface area contributed by atoms with Crippen molar-refractivity contribution in [1.82, 2.24) is 20.4 Å². The maximum absolute atomic E-state index is 12.5. The number of hydrogen-bond donors (Lipinski definition) is 2. The Morgan fingerprint density at radius 1 is 0.696 bits per heavy atom. The molecule has 2 aromatic carbocycles. The van der Waals surface area contributed by atoms with Gasteiger partial charge >= 0.3 is 12.1 Å². The van der Waals surface area contributed by atoms with Crippen molar-refractivity contribution >= 4 is 23.9 Å². The molecular weight excluding hydrogens is 584 g/mol. The number of carbonyl (C=O) groups excluding carboxylic acids is 4. The second-order valence-corrected chi connectivity index (χ2v) is 13.7. The first-order chi connectivity index (χ1) is 21.8. The Morgan fingerprint density at radius 3 is 1.48 bits per heavy atom. The number of nitrogens with one attached hydrogen (secondary N) is 2. The predicted octanol–water partition coefficient (Wildman–Crippen LogP) is 6.10. The van der Waals surface area contributed by atoms with Crippen molar-refractivity contribution in [3.63, 3.8) is 0 Å². The van der Waals surface area contributed by atoms with Gasteiger partial charge in [-0.15, -0.1) is 0 Å². The molecule has 2 N–H and O–H groups in total. The molecule has 248 valence electrons. The number of amides is 6. The van der Waals surface area contributed by atoms with Gasteiger partial charge in [0, 0.05) is 14.1 Å². The first kappa shape index (κ1) is 33.3. The Labute approximate surface area is 272 Å². The molecule has 0 radical (unpaired) electrons. The maximum atomic E-state index is 12.5. The van der Waals surface area contributed by atoms with Crippen LogP contribution in [0, 0.1) is 0 Å². The minimum Gasteiger partial charge on any atom is -0.491 e. The van der Waals surface area contributed by atoms with Crippen LogP contribution in [0.15, 0.2) is 48.5 Å². The van der Waals surface area contributed by atoms with E-state index in [0.717, 1.165) is 50.0 Å². The predicted molar refractivity (Wildman–Crippen MR) is 175 cm³/mol. The second kappa shape index (κ2) is 13.3. The van der Waals surface area contributed by atoms with Crippen LogP contribution in [0.4, 0.5) is 9.59 Å². The highest BCUT2D eigenvalue weighted by atomic mass is 16.5. The van der Waals surface area contributed by atoms with E-state index < -0.39 is 11.1 Å². The summed E-state index contributed by atoms with van der Waals surface area (Å²) in [5.74, 6) is 2.42. The Hall–Kier alpha value is -4.08. The van der Waals surface area contributed by atoms with Gasteiger partial charge in [0.25, 0.3) is 11.8 Å². The third kappa shape index (κ3) is 6.71. The summed E-state index contributed by atoms with van der Waals surface area (Å²) in [5.41, 5.74) is 1.27. The molecule has 10 heteroatoms. The SMILES string of the molecule is CC(C)Oc1ccc(C2CCC3(CC2)C(=O)N(C)C(=O)N3C)cc1.CC(C)Oc1ccc(C2CCC3(CC2)NC(=O)NC3=O)cc1. The molecule has 2 aromatic rings. The van der Waals surface area contributed by atoms with E-state index in [1.165, 1.54) is 16.0 Å². The molecule has 2 heterocycles. The molecule has 2 spiro atoms. The lowest BCUT2D eigenvalue weighted by atomic mass is 9.73. The van der Waals surface area contributed by atoms with Gasteiger partial charge in [-0.05, 0) is 126 Å². The Bertz CT molecular complexity index is 1420. The highest BCUT2D eigenvalue weighted by Crippen LogP contribution is 2.44. The lowest BCUT2D eigenvalue weighted by Gasteiger charge is -2.39. The molecule has 0 bridgehead atoms. The standard InChI is InChI=1S/C19H26N2O3.C17H22N2O3/c1-13(2)24-16-7-5-14(6-8-16)15-9-11-19(12-10-15)17(22)20(3)18(23)21(19)4;1-11(2)22-14-5-3-12(4-6-14)13-7-9-17(10-8-13)15(20)18-16(21)19-17/h5-8,13,15H,9-12H2,1-4H3;3-6,11,13H,7-10H2,1-2H3,(H2,18,19,20,21). The first-order valence-electron chi connectivity index (χ1n) is 16.6. The van der Waals surface area contributed by atoms with Crippen LogP contribution >= 0.6 is 0 Å². The lowest BCUT2D eigenvalue weighted by molar-refractivity contribution is -0.133. The molecule has 0 aromatic heterocycles. The van der Waals surface area contributed by atoms with Gasteiger partial charge in [-0.2, -0.15) is 0 Å². The third-order valence-corrected chi connectivity index (χ3v) is 10.0. The summed E-state index contributed by atoms with van der Waals surface area (Å²) in [5, 5.41) is 5.15. The average Bonchev–Trinajstić information content (AvgIpc) is 3.38. The summed E-state index contributed by atoms with van der Waals surface area (Å²) in [7, 11) is 3.33. The lowest BCUT2D eigenvalue weighted by Crippen LogP contribution is -2.50. The third-order valence-electron chi connectivity index (χ3n) is 10.0. The highest BCUT2D eigenvalue weighted by molar-refractivity contribution is 6.07. The highest BCUT2D eigenvalue weighted by Gasteiger charge is 2.55. The molecule has 4 fully saturated rings. The van der Waals surface area contributed by atoms with Crippen LogP contribution < -0.4 is 20.1 Å². The van der Waals surface area contributed by atoms with Crippen LogP contribution in [0.1, 0.15) is 102 Å². The Kier molecular flexibility index (Phi) is 9.65. The van der Waals surface area contributed by atoms with E-state index in [0.29, 0.717) is 24.7 Å². The van der Waals surface area contributed by atoms with Crippen molar-refractivity contribution in [3.05, 3.63) is 59.7 Å². The number of imide groups is 2. The van der Waals surface area contributed by atoms with E-state index >= 15 is 0 Å². The van der Waals surface area contributed by atoms with Gasteiger partial charge in [-0.1, -0.05) is 24.3 Å². The summed E-state index contributed by atoms with van der Waals surface area (Å²) >= 11 is 0. The Balaban J connectivity index is 0.000000182. The fraction of sp³-hybridized carbons (Fsp3) is 0.556. The number of urea groups is 2. The van der Waals surface area contributed by atoms with E-state index in [2.05, 4.69) is 34.9 Å². The number of likely N-dealkylation sites (N-methyl/N-ethyl adjacent to an activating group) is 2. The number of nitrogens with zero attached hydrogens (tertiary/aromatic N) is 2. The minimum absolute atomic E-state index is 0.0471. The topological polar surface area (TPSA) is 117 Å². The summed E-state index contributed by atoms with van der Waals surface area (Å²) in [6, 6.07) is 15.9. The molecule has 6 amide bonds. The van der Waals surface area contributed by atoms with E-state index in [-0.39, 0.29) is 36.1 Å². The van der Waals surface area contributed by atoms with Crippen LogP contribution in [0.25, 0.3) is 0 Å². The summed E-state index contributed by atoms with van der Waals surface area (Å²) in [6.07, 6.45) is 6.83. The van der Waals surface area contributed by atoms with Crippen molar-refractivity contribution in [2.45, 2.75) is 114 Å². The monoisotopic (exact) mass is 632 g/mol. The molecule has 4 aliphatic rings. The fourth-order valence-electron chi connectivity index (χ4n) is 7.43.